The van der Waals surface area contributed by atoms with E-state index < -0.39 is 0 Å². The summed E-state index contributed by atoms with van der Waals surface area (Å²) >= 11 is 0. The largest absolute Gasteiger partial charge is 0.494 e. The molecule has 6 nitrogen and oxygen atoms in total. The Morgan fingerprint density at radius 1 is 1.17 bits per heavy atom. The molecule has 1 aromatic rings. The van der Waals surface area contributed by atoms with Crippen LogP contribution in [0.15, 0.2) is 24.3 Å². The van der Waals surface area contributed by atoms with Crippen molar-refractivity contribution in [2.75, 3.05) is 24.6 Å². The van der Waals surface area contributed by atoms with Crippen molar-refractivity contribution in [3.63, 3.8) is 0 Å². The van der Waals surface area contributed by atoms with Crippen LogP contribution in [0.1, 0.15) is 27.2 Å². The number of carbonyl (C=O) groups is 2. The monoisotopic (exact) mass is 333 g/mol. The summed E-state index contributed by atoms with van der Waals surface area (Å²) in [5.74, 6) is 0.493. The fourth-order valence-corrected chi connectivity index (χ4v) is 3.68. The average molecular weight is 333 g/mol. The third kappa shape index (κ3) is 3.30. The van der Waals surface area contributed by atoms with Crippen LogP contribution in [-0.4, -0.2) is 49.8 Å². The van der Waals surface area contributed by atoms with Crippen molar-refractivity contribution in [2.45, 2.75) is 45.4 Å². The molecule has 0 saturated carbocycles. The average Bonchev–Trinajstić information content (AvgIpc) is 2.83. The van der Waals surface area contributed by atoms with Gasteiger partial charge in [-0.05, 0) is 45.0 Å². The number of quaternary nitrogens is 1. The Hall–Kier alpha value is -1.92. The molecule has 2 aliphatic rings. The molecular formula is C18H25N2O4+. The number of nitrogens with one attached hydrogen (secondary N) is 1. The highest BCUT2D eigenvalue weighted by Crippen LogP contribution is 2.24. The molecule has 1 aromatic carbocycles. The topological polar surface area (TPSA) is 60.3 Å². The van der Waals surface area contributed by atoms with Gasteiger partial charge in [-0.2, -0.15) is 0 Å². The zero-order chi connectivity index (χ0) is 17.3. The van der Waals surface area contributed by atoms with Gasteiger partial charge >= 0.3 is 0 Å². The second-order valence-corrected chi connectivity index (χ2v) is 6.57. The highest BCUT2D eigenvalue weighted by Gasteiger charge is 2.47. The fourth-order valence-electron chi connectivity index (χ4n) is 3.68. The van der Waals surface area contributed by atoms with Crippen molar-refractivity contribution >= 4 is 17.5 Å². The molecule has 0 spiro atoms. The van der Waals surface area contributed by atoms with Crippen molar-refractivity contribution in [3.8, 4) is 5.75 Å². The molecule has 24 heavy (non-hydrogen) atoms. The van der Waals surface area contributed by atoms with Gasteiger partial charge in [0.2, 0.25) is 5.91 Å². The van der Waals surface area contributed by atoms with Crippen LogP contribution in [0.25, 0.3) is 0 Å². The lowest BCUT2D eigenvalue weighted by Crippen LogP contribution is -3.19. The summed E-state index contributed by atoms with van der Waals surface area (Å²) in [7, 11) is 0. The van der Waals surface area contributed by atoms with Crippen LogP contribution in [0.2, 0.25) is 0 Å². The van der Waals surface area contributed by atoms with E-state index in [0.717, 1.165) is 23.7 Å². The first kappa shape index (κ1) is 16.9. The van der Waals surface area contributed by atoms with Gasteiger partial charge in [-0.25, -0.2) is 4.90 Å². The maximum absolute atomic E-state index is 12.9. The van der Waals surface area contributed by atoms with Crippen molar-refractivity contribution in [3.05, 3.63) is 24.3 Å². The second kappa shape index (κ2) is 6.91. The smallest absolute Gasteiger partial charge is 0.292 e. The summed E-state index contributed by atoms with van der Waals surface area (Å²) < 4.78 is 11.2. The molecule has 3 rings (SSSR count). The Morgan fingerprint density at radius 3 is 2.38 bits per heavy atom. The molecule has 1 N–H and O–H groups in total. The third-order valence-corrected chi connectivity index (χ3v) is 4.61. The highest BCUT2D eigenvalue weighted by atomic mass is 16.5. The number of ether oxygens (including phenoxy) is 2. The van der Waals surface area contributed by atoms with E-state index >= 15 is 0 Å². The zero-order valence-electron chi connectivity index (χ0n) is 14.5. The Morgan fingerprint density at radius 2 is 1.79 bits per heavy atom. The van der Waals surface area contributed by atoms with Gasteiger partial charge in [0, 0.05) is 0 Å². The lowest BCUT2D eigenvalue weighted by atomic mass is 10.1. The van der Waals surface area contributed by atoms with Gasteiger partial charge < -0.3 is 14.4 Å². The van der Waals surface area contributed by atoms with Crippen LogP contribution in [0.3, 0.4) is 0 Å². The number of anilines is 1. The van der Waals surface area contributed by atoms with Crippen LogP contribution in [0, 0.1) is 0 Å². The van der Waals surface area contributed by atoms with Gasteiger partial charge in [0.1, 0.15) is 31.0 Å². The minimum absolute atomic E-state index is 0.103. The fraction of sp³-hybridized carbons (Fsp3) is 0.556. The molecule has 1 unspecified atom stereocenters. The predicted octanol–water partition coefficient (Wildman–Crippen LogP) is 0.409. The summed E-state index contributed by atoms with van der Waals surface area (Å²) in [5.41, 5.74) is 0.615. The third-order valence-electron chi connectivity index (χ3n) is 4.61. The summed E-state index contributed by atoms with van der Waals surface area (Å²) in [6, 6.07) is 6.81. The van der Waals surface area contributed by atoms with Gasteiger partial charge in [0.25, 0.3) is 5.91 Å². The van der Waals surface area contributed by atoms with Crippen LogP contribution < -0.4 is 14.5 Å². The summed E-state index contributed by atoms with van der Waals surface area (Å²) in [5, 5.41) is 0. The highest BCUT2D eigenvalue weighted by molar-refractivity contribution is 6.21. The van der Waals surface area contributed by atoms with E-state index in [4.69, 9.17) is 9.47 Å². The number of benzene rings is 1. The number of hydrogen-bond donors (Lipinski definition) is 1. The maximum atomic E-state index is 12.9. The molecule has 0 radical (unpaired) electrons. The van der Waals surface area contributed by atoms with E-state index in [1.54, 1.807) is 24.3 Å². The van der Waals surface area contributed by atoms with Crippen LogP contribution >= 0.6 is 0 Å². The molecule has 2 fully saturated rings. The number of nitrogens with zero attached hydrogens (tertiary/aromatic N) is 1. The number of carbonyl (C=O) groups excluding carboxylic acids is 2. The molecule has 2 heterocycles. The Balaban J connectivity index is 1.76. The standard InChI is InChI=1S/C18H24N2O4/c1-4-23-15-7-5-14(6-8-15)20-17(21)9-16(18(20)22)19-10-12(2)24-13(3)11-19/h5-8,12-13,16H,4,9-11H2,1-3H3/p+1/t12-,13+,16-/m0/s1. The Kier molecular flexibility index (Phi) is 4.87. The summed E-state index contributed by atoms with van der Waals surface area (Å²) in [6.45, 7) is 8.04. The first-order valence-corrected chi connectivity index (χ1v) is 8.59. The van der Waals surface area contributed by atoms with Crippen LogP contribution in [0.5, 0.6) is 5.75 Å². The summed E-state index contributed by atoms with van der Waals surface area (Å²) in [6.07, 6.45) is 0.471. The Labute approximate surface area is 142 Å². The summed E-state index contributed by atoms with van der Waals surface area (Å²) in [4.78, 5) is 27.8. The minimum atomic E-state index is -0.308. The van der Waals surface area contributed by atoms with E-state index in [1.165, 1.54) is 4.90 Å². The van der Waals surface area contributed by atoms with E-state index in [9.17, 15) is 9.59 Å². The molecule has 2 aliphatic heterocycles. The molecule has 130 valence electrons. The number of hydrogen-bond acceptors (Lipinski definition) is 4. The lowest BCUT2D eigenvalue weighted by molar-refractivity contribution is -0.929. The van der Waals surface area contributed by atoms with Crippen LogP contribution in [0.4, 0.5) is 5.69 Å². The van der Waals surface area contributed by atoms with E-state index in [-0.39, 0.29) is 36.5 Å². The van der Waals surface area contributed by atoms with Crippen molar-refractivity contribution in [1.29, 1.82) is 0 Å². The van der Waals surface area contributed by atoms with E-state index in [0.29, 0.717) is 12.3 Å². The normalized spacial score (nSPS) is 30.7. The minimum Gasteiger partial charge on any atom is -0.494 e. The molecule has 4 atom stereocenters. The van der Waals surface area contributed by atoms with Crippen molar-refractivity contribution in [2.24, 2.45) is 0 Å². The van der Waals surface area contributed by atoms with Gasteiger partial charge in [-0.15, -0.1) is 0 Å². The van der Waals surface area contributed by atoms with Crippen molar-refractivity contribution < 1.29 is 24.0 Å². The number of rotatable bonds is 4. The first-order valence-electron chi connectivity index (χ1n) is 8.59. The van der Waals surface area contributed by atoms with E-state index in [2.05, 4.69) is 0 Å². The van der Waals surface area contributed by atoms with Crippen LogP contribution in [-0.2, 0) is 14.3 Å². The van der Waals surface area contributed by atoms with Gasteiger partial charge in [0.05, 0.1) is 18.7 Å². The molecular weight excluding hydrogens is 308 g/mol. The molecule has 0 aliphatic carbocycles. The Bertz CT molecular complexity index is 606. The quantitative estimate of drug-likeness (QED) is 0.811. The maximum Gasteiger partial charge on any atom is 0.292 e. The second-order valence-electron chi connectivity index (χ2n) is 6.57. The van der Waals surface area contributed by atoms with Gasteiger partial charge in [0.15, 0.2) is 6.04 Å². The number of morpholine rings is 1. The molecule has 6 heteroatoms. The molecule has 0 aromatic heterocycles. The first-order chi connectivity index (χ1) is 11.5. The van der Waals surface area contributed by atoms with Gasteiger partial charge in [-0.1, -0.05) is 0 Å². The molecule has 2 amide bonds. The SMILES string of the molecule is CCOc1ccc(N2C(=O)C[C@H]([NH+]3C[C@@H](C)O[C@@H](C)C3)C2=O)cc1. The van der Waals surface area contributed by atoms with E-state index in [1.807, 2.05) is 20.8 Å². The molecule has 0 bridgehead atoms. The lowest BCUT2D eigenvalue weighted by Gasteiger charge is -2.34. The predicted molar refractivity (Wildman–Crippen MR) is 89.2 cm³/mol. The van der Waals surface area contributed by atoms with Crippen molar-refractivity contribution in [1.82, 2.24) is 0 Å². The number of amides is 2. The molecule has 2 saturated heterocycles. The zero-order valence-corrected chi connectivity index (χ0v) is 14.5. The number of imide groups is 1. The van der Waals surface area contributed by atoms with Gasteiger partial charge in [-0.3, -0.25) is 9.59 Å².